The summed E-state index contributed by atoms with van der Waals surface area (Å²) >= 11 is 1.78. The Labute approximate surface area is 83.4 Å². The minimum absolute atomic E-state index is 0.685. The normalized spacial score (nSPS) is 18.2. The van der Waals surface area contributed by atoms with Gasteiger partial charge in [-0.25, -0.2) is 0 Å². The molecule has 0 spiro atoms. The molecule has 1 aromatic rings. The van der Waals surface area contributed by atoms with Crippen molar-refractivity contribution in [3.8, 4) is 0 Å². The number of thiophene rings is 1. The molecule has 1 aliphatic heterocycles. The molecule has 0 radical (unpaired) electrons. The van der Waals surface area contributed by atoms with Crippen molar-refractivity contribution in [1.82, 2.24) is 4.90 Å². The molecular formula is C10H16N2S. The predicted molar refractivity (Wildman–Crippen MR) is 56.7 cm³/mol. The van der Waals surface area contributed by atoms with Crippen molar-refractivity contribution in [2.75, 3.05) is 13.1 Å². The van der Waals surface area contributed by atoms with Gasteiger partial charge in [-0.1, -0.05) is 0 Å². The van der Waals surface area contributed by atoms with Crippen molar-refractivity contribution in [2.45, 2.75) is 25.9 Å². The minimum atomic E-state index is 0.685. The van der Waals surface area contributed by atoms with Crippen LogP contribution in [0.1, 0.15) is 23.3 Å². The fourth-order valence-electron chi connectivity index (χ4n) is 1.82. The van der Waals surface area contributed by atoms with Crippen LogP contribution in [0, 0.1) is 0 Å². The molecule has 72 valence electrons. The molecule has 1 aromatic heterocycles. The van der Waals surface area contributed by atoms with Gasteiger partial charge in [-0.15, -0.1) is 11.3 Å². The van der Waals surface area contributed by atoms with E-state index in [-0.39, 0.29) is 0 Å². The first-order chi connectivity index (χ1) is 6.38. The highest BCUT2D eigenvalue weighted by Gasteiger charge is 2.12. The molecule has 2 nitrogen and oxygen atoms in total. The second-order valence-electron chi connectivity index (χ2n) is 3.61. The summed E-state index contributed by atoms with van der Waals surface area (Å²) in [5.41, 5.74) is 7.01. The van der Waals surface area contributed by atoms with Crippen LogP contribution in [0.15, 0.2) is 11.4 Å². The van der Waals surface area contributed by atoms with Crippen molar-refractivity contribution in [3.05, 3.63) is 21.9 Å². The maximum absolute atomic E-state index is 5.57. The lowest BCUT2D eigenvalue weighted by molar-refractivity contribution is 0.332. The zero-order chi connectivity index (χ0) is 9.10. The van der Waals surface area contributed by atoms with Crippen LogP contribution in [0.25, 0.3) is 0 Å². The Morgan fingerprint density at radius 1 is 1.38 bits per heavy atom. The molecule has 13 heavy (non-hydrogen) atoms. The highest BCUT2D eigenvalue weighted by atomic mass is 32.1. The number of likely N-dealkylation sites (tertiary alicyclic amines) is 1. The first-order valence-electron chi connectivity index (χ1n) is 4.87. The Kier molecular flexibility index (Phi) is 2.98. The molecule has 3 heteroatoms. The van der Waals surface area contributed by atoms with Gasteiger partial charge in [-0.05, 0) is 42.9 Å². The van der Waals surface area contributed by atoms with Gasteiger partial charge in [-0.3, -0.25) is 4.90 Å². The van der Waals surface area contributed by atoms with Crippen LogP contribution in [0.2, 0.25) is 0 Å². The van der Waals surface area contributed by atoms with Gasteiger partial charge in [0.1, 0.15) is 0 Å². The minimum Gasteiger partial charge on any atom is -0.326 e. The summed E-state index contributed by atoms with van der Waals surface area (Å²) in [4.78, 5) is 3.82. The SMILES string of the molecule is NCc1cc(CN2CCCC2)cs1. The molecular weight excluding hydrogens is 180 g/mol. The third kappa shape index (κ3) is 2.30. The van der Waals surface area contributed by atoms with Crippen LogP contribution in [-0.2, 0) is 13.1 Å². The fourth-order valence-corrected chi connectivity index (χ4v) is 2.58. The van der Waals surface area contributed by atoms with E-state index in [1.807, 2.05) is 0 Å². The third-order valence-electron chi connectivity index (χ3n) is 2.51. The van der Waals surface area contributed by atoms with Crippen molar-refractivity contribution in [3.63, 3.8) is 0 Å². The van der Waals surface area contributed by atoms with E-state index in [0.717, 1.165) is 6.54 Å². The van der Waals surface area contributed by atoms with Crippen LogP contribution < -0.4 is 5.73 Å². The van der Waals surface area contributed by atoms with Gasteiger partial charge < -0.3 is 5.73 Å². The molecule has 1 fully saturated rings. The molecule has 2 N–H and O–H groups in total. The van der Waals surface area contributed by atoms with Crippen LogP contribution >= 0.6 is 11.3 Å². The van der Waals surface area contributed by atoms with E-state index in [9.17, 15) is 0 Å². The number of nitrogens with zero attached hydrogens (tertiary/aromatic N) is 1. The van der Waals surface area contributed by atoms with Crippen LogP contribution in [0.3, 0.4) is 0 Å². The van der Waals surface area contributed by atoms with E-state index < -0.39 is 0 Å². The smallest absolute Gasteiger partial charge is 0.0273 e. The van der Waals surface area contributed by atoms with Gasteiger partial charge in [0.05, 0.1) is 0 Å². The topological polar surface area (TPSA) is 29.3 Å². The number of nitrogens with two attached hydrogens (primary N) is 1. The monoisotopic (exact) mass is 196 g/mol. The number of rotatable bonds is 3. The molecule has 0 unspecified atom stereocenters. The average Bonchev–Trinajstić information content (AvgIpc) is 2.76. The van der Waals surface area contributed by atoms with Crippen LogP contribution in [0.4, 0.5) is 0 Å². The van der Waals surface area contributed by atoms with Gasteiger partial charge in [0.15, 0.2) is 0 Å². The summed E-state index contributed by atoms with van der Waals surface area (Å²) in [5, 5.41) is 2.24. The second-order valence-corrected chi connectivity index (χ2v) is 4.60. The van der Waals surface area contributed by atoms with Gasteiger partial charge in [-0.2, -0.15) is 0 Å². The molecule has 0 amide bonds. The number of hydrogen-bond donors (Lipinski definition) is 1. The van der Waals surface area contributed by atoms with E-state index in [1.165, 1.54) is 36.4 Å². The Morgan fingerprint density at radius 3 is 2.77 bits per heavy atom. The third-order valence-corrected chi connectivity index (χ3v) is 3.52. The lowest BCUT2D eigenvalue weighted by Crippen LogP contribution is -2.17. The zero-order valence-electron chi connectivity index (χ0n) is 7.83. The lowest BCUT2D eigenvalue weighted by Gasteiger charge is -2.12. The van der Waals surface area contributed by atoms with Crippen molar-refractivity contribution in [2.24, 2.45) is 5.73 Å². The molecule has 0 bridgehead atoms. The second kappa shape index (κ2) is 4.22. The number of hydrogen-bond acceptors (Lipinski definition) is 3. The molecule has 0 saturated carbocycles. The maximum Gasteiger partial charge on any atom is 0.0273 e. The lowest BCUT2D eigenvalue weighted by atomic mass is 10.3. The average molecular weight is 196 g/mol. The molecule has 1 aliphatic rings. The Balaban J connectivity index is 1.92. The van der Waals surface area contributed by atoms with Gasteiger partial charge in [0.25, 0.3) is 0 Å². The fraction of sp³-hybridized carbons (Fsp3) is 0.600. The summed E-state index contributed by atoms with van der Waals surface area (Å²) in [6, 6.07) is 2.24. The van der Waals surface area contributed by atoms with Gasteiger partial charge in [0.2, 0.25) is 0 Å². The first kappa shape index (κ1) is 9.19. The molecule has 2 rings (SSSR count). The van der Waals surface area contributed by atoms with E-state index in [0.29, 0.717) is 6.54 Å². The first-order valence-corrected chi connectivity index (χ1v) is 5.75. The summed E-state index contributed by atoms with van der Waals surface area (Å²) in [5.74, 6) is 0. The molecule has 0 aromatic carbocycles. The largest absolute Gasteiger partial charge is 0.326 e. The van der Waals surface area contributed by atoms with E-state index in [4.69, 9.17) is 5.73 Å². The van der Waals surface area contributed by atoms with Crippen molar-refractivity contribution in [1.29, 1.82) is 0 Å². The Morgan fingerprint density at radius 2 is 2.15 bits per heavy atom. The molecule has 1 saturated heterocycles. The molecule has 2 heterocycles. The van der Waals surface area contributed by atoms with Crippen molar-refractivity contribution < 1.29 is 0 Å². The Hall–Kier alpha value is -0.380. The summed E-state index contributed by atoms with van der Waals surface area (Å²) < 4.78 is 0. The zero-order valence-corrected chi connectivity index (χ0v) is 8.65. The summed E-state index contributed by atoms with van der Waals surface area (Å²) in [7, 11) is 0. The molecule has 0 atom stereocenters. The Bertz CT molecular complexity index is 264. The van der Waals surface area contributed by atoms with E-state index >= 15 is 0 Å². The van der Waals surface area contributed by atoms with Crippen LogP contribution in [0.5, 0.6) is 0 Å². The van der Waals surface area contributed by atoms with E-state index in [1.54, 1.807) is 11.3 Å². The van der Waals surface area contributed by atoms with Crippen LogP contribution in [-0.4, -0.2) is 18.0 Å². The van der Waals surface area contributed by atoms with Gasteiger partial charge >= 0.3 is 0 Å². The standard InChI is InChI=1S/C10H16N2S/c11-6-10-5-9(8-13-10)7-12-3-1-2-4-12/h5,8H,1-4,6-7,11H2. The highest BCUT2D eigenvalue weighted by molar-refractivity contribution is 7.10. The van der Waals surface area contributed by atoms with Gasteiger partial charge in [0, 0.05) is 18.0 Å². The maximum atomic E-state index is 5.57. The van der Waals surface area contributed by atoms with E-state index in [2.05, 4.69) is 16.3 Å². The predicted octanol–water partition coefficient (Wildman–Crippen LogP) is 1.80. The quantitative estimate of drug-likeness (QED) is 0.799. The highest BCUT2D eigenvalue weighted by Crippen LogP contribution is 2.18. The van der Waals surface area contributed by atoms with Crippen molar-refractivity contribution >= 4 is 11.3 Å². The summed E-state index contributed by atoms with van der Waals surface area (Å²) in [6.07, 6.45) is 2.74. The summed E-state index contributed by atoms with van der Waals surface area (Å²) in [6.45, 7) is 4.35. The molecule has 0 aliphatic carbocycles.